The molecule has 1 rings (SSSR count). The molecule has 0 aromatic rings. The molecule has 1 saturated carbocycles. The van der Waals surface area contributed by atoms with Crippen molar-refractivity contribution in [2.45, 2.75) is 82.3 Å². The third-order valence-corrected chi connectivity index (χ3v) is 6.27. The van der Waals surface area contributed by atoms with Crippen molar-refractivity contribution in [3.63, 3.8) is 0 Å². The molecule has 0 aromatic heterocycles. The van der Waals surface area contributed by atoms with Crippen LogP contribution in [-0.4, -0.2) is 115 Å². The Labute approximate surface area is 234 Å². The Morgan fingerprint density at radius 3 is 1.66 bits per heavy atom. The van der Waals surface area contributed by atoms with Crippen molar-refractivity contribution in [3.8, 4) is 0 Å². The summed E-state index contributed by atoms with van der Waals surface area (Å²) < 4.78 is 57.7. The van der Waals surface area contributed by atoms with E-state index in [1.165, 1.54) is 4.90 Å². The standard InChI is InChI=1S/C25H38F3NO12/c1-29(9-4-2-3-5-10-41-24(37)25(26,27)28)23(36)16-14-17(38-11-6-19(30)31)22(40-13-8-21(34)35)18(15-16)39-12-7-20(32)33/h16-18,22H,2-15H2,1H3,(H,30,31)(H,32,33)(H,34,35)/t16?,17-,18-,22?/m1/s1. The van der Waals surface area contributed by atoms with Gasteiger partial charge in [-0.3, -0.25) is 19.2 Å². The van der Waals surface area contributed by atoms with Crippen molar-refractivity contribution in [2.75, 3.05) is 40.0 Å². The predicted molar refractivity (Wildman–Crippen MR) is 132 cm³/mol. The van der Waals surface area contributed by atoms with Crippen LogP contribution >= 0.6 is 0 Å². The summed E-state index contributed by atoms with van der Waals surface area (Å²) in [5.41, 5.74) is 0. The molecule has 1 aliphatic rings. The van der Waals surface area contributed by atoms with E-state index in [4.69, 9.17) is 29.5 Å². The predicted octanol–water partition coefficient (Wildman–Crippen LogP) is 2.10. The number of aliphatic carboxylic acids is 3. The number of carbonyl (C=O) groups is 5. The van der Waals surface area contributed by atoms with E-state index < -0.39 is 54.3 Å². The number of esters is 1. The maximum Gasteiger partial charge on any atom is 0.490 e. The van der Waals surface area contributed by atoms with Gasteiger partial charge in [0.15, 0.2) is 0 Å². The molecule has 41 heavy (non-hydrogen) atoms. The lowest BCUT2D eigenvalue weighted by Gasteiger charge is -2.41. The number of hydrogen-bond acceptors (Lipinski definition) is 9. The Bertz CT molecular complexity index is 839. The monoisotopic (exact) mass is 601 g/mol. The fourth-order valence-corrected chi connectivity index (χ4v) is 4.26. The summed E-state index contributed by atoms with van der Waals surface area (Å²) in [7, 11) is 1.57. The summed E-state index contributed by atoms with van der Waals surface area (Å²) in [5.74, 6) is -6.48. The number of rotatable bonds is 20. The van der Waals surface area contributed by atoms with Crippen LogP contribution in [0.1, 0.15) is 57.8 Å². The molecule has 3 N–H and O–H groups in total. The molecule has 0 aliphatic heterocycles. The summed E-state index contributed by atoms with van der Waals surface area (Å²) >= 11 is 0. The molecule has 0 bridgehead atoms. The van der Waals surface area contributed by atoms with Crippen LogP contribution in [0.5, 0.6) is 0 Å². The van der Waals surface area contributed by atoms with Crippen molar-refractivity contribution in [1.82, 2.24) is 4.90 Å². The lowest BCUT2D eigenvalue weighted by molar-refractivity contribution is -0.199. The molecule has 0 unspecified atom stereocenters. The fourth-order valence-electron chi connectivity index (χ4n) is 4.26. The number of hydrogen-bond donors (Lipinski definition) is 3. The molecule has 1 fully saturated rings. The molecule has 0 saturated heterocycles. The van der Waals surface area contributed by atoms with E-state index in [9.17, 15) is 37.1 Å². The number of nitrogens with zero attached hydrogens (tertiary/aromatic N) is 1. The third-order valence-electron chi connectivity index (χ3n) is 6.27. The number of carbonyl (C=O) groups excluding carboxylic acids is 2. The van der Waals surface area contributed by atoms with Crippen LogP contribution in [0.2, 0.25) is 0 Å². The van der Waals surface area contributed by atoms with E-state index in [0.29, 0.717) is 25.8 Å². The first-order chi connectivity index (χ1) is 19.2. The lowest BCUT2D eigenvalue weighted by Crippen LogP contribution is -2.52. The summed E-state index contributed by atoms with van der Waals surface area (Å²) in [5, 5.41) is 26.9. The number of alkyl halides is 3. The molecule has 236 valence electrons. The van der Waals surface area contributed by atoms with E-state index in [-0.39, 0.29) is 70.9 Å². The van der Waals surface area contributed by atoms with Gasteiger partial charge >= 0.3 is 30.1 Å². The zero-order chi connectivity index (χ0) is 31.0. The second-order valence-electron chi connectivity index (χ2n) is 9.56. The van der Waals surface area contributed by atoms with Crippen LogP contribution in [0.4, 0.5) is 13.2 Å². The number of ether oxygens (including phenoxy) is 4. The average molecular weight is 602 g/mol. The smallest absolute Gasteiger partial charge is 0.481 e. The van der Waals surface area contributed by atoms with Crippen LogP contribution in [0, 0.1) is 5.92 Å². The van der Waals surface area contributed by atoms with E-state index in [2.05, 4.69) is 4.74 Å². The van der Waals surface area contributed by atoms with Gasteiger partial charge in [0.05, 0.1) is 57.9 Å². The molecular weight excluding hydrogens is 563 g/mol. The van der Waals surface area contributed by atoms with Crippen molar-refractivity contribution < 1.29 is 71.4 Å². The van der Waals surface area contributed by atoms with Crippen LogP contribution in [0.15, 0.2) is 0 Å². The maximum absolute atomic E-state index is 13.2. The normalized spacial score (nSPS) is 20.8. The molecule has 0 aromatic carbocycles. The van der Waals surface area contributed by atoms with E-state index in [1.807, 2.05) is 0 Å². The van der Waals surface area contributed by atoms with Gasteiger partial charge in [-0.15, -0.1) is 0 Å². The molecule has 16 heteroatoms. The molecule has 0 radical (unpaired) electrons. The zero-order valence-corrected chi connectivity index (χ0v) is 22.8. The second-order valence-corrected chi connectivity index (χ2v) is 9.56. The van der Waals surface area contributed by atoms with Gasteiger partial charge in [-0.25, -0.2) is 4.79 Å². The zero-order valence-electron chi connectivity index (χ0n) is 22.8. The van der Waals surface area contributed by atoms with Crippen LogP contribution in [-0.2, 0) is 42.9 Å². The van der Waals surface area contributed by atoms with Crippen LogP contribution in [0.25, 0.3) is 0 Å². The molecule has 0 heterocycles. The minimum atomic E-state index is -5.03. The van der Waals surface area contributed by atoms with Gasteiger partial charge in [0, 0.05) is 19.5 Å². The Kier molecular flexibility index (Phi) is 16.2. The highest BCUT2D eigenvalue weighted by atomic mass is 19.4. The SMILES string of the molecule is CN(CCCCCCOC(=O)C(F)(F)F)C(=O)C1C[C@@H](OCCC(=O)O)C(OCCC(=O)O)[C@H](OCCC(=O)O)C1. The number of carboxylic acids is 3. The van der Waals surface area contributed by atoms with Crippen molar-refractivity contribution in [1.29, 1.82) is 0 Å². The summed E-state index contributed by atoms with van der Waals surface area (Å²) in [6.07, 6.45) is -6.46. The highest BCUT2D eigenvalue weighted by molar-refractivity contribution is 5.79. The summed E-state index contributed by atoms with van der Waals surface area (Å²) in [4.78, 5) is 58.3. The molecule has 1 aliphatic carbocycles. The first kappa shape index (κ1) is 36.0. The number of carboxylic acid groups (broad SMARTS) is 3. The molecule has 2 atom stereocenters. The van der Waals surface area contributed by atoms with Crippen LogP contribution < -0.4 is 0 Å². The number of halogens is 3. The minimum absolute atomic E-state index is 0.129. The summed E-state index contributed by atoms with van der Waals surface area (Å²) in [6.45, 7) is -0.639. The lowest BCUT2D eigenvalue weighted by atomic mass is 9.82. The Hall–Kier alpha value is -2.98. The molecule has 1 amide bonds. The minimum Gasteiger partial charge on any atom is -0.481 e. The van der Waals surface area contributed by atoms with E-state index in [1.54, 1.807) is 7.05 Å². The topological polar surface area (TPSA) is 186 Å². The van der Waals surface area contributed by atoms with Crippen LogP contribution in [0.3, 0.4) is 0 Å². The Morgan fingerprint density at radius 1 is 0.732 bits per heavy atom. The van der Waals surface area contributed by atoms with Gasteiger partial charge < -0.3 is 39.2 Å². The quantitative estimate of drug-likeness (QED) is 0.136. The number of unbranched alkanes of at least 4 members (excludes halogenated alkanes) is 3. The van der Waals surface area contributed by atoms with Gasteiger partial charge in [0.2, 0.25) is 5.91 Å². The van der Waals surface area contributed by atoms with Crippen molar-refractivity contribution in [2.24, 2.45) is 5.92 Å². The molecule has 0 spiro atoms. The van der Waals surface area contributed by atoms with E-state index in [0.717, 1.165) is 0 Å². The van der Waals surface area contributed by atoms with Gasteiger partial charge in [0.1, 0.15) is 6.10 Å². The van der Waals surface area contributed by atoms with Gasteiger partial charge in [-0.2, -0.15) is 13.2 Å². The Morgan fingerprint density at radius 2 is 1.20 bits per heavy atom. The van der Waals surface area contributed by atoms with Crippen molar-refractivity contribution >= 4 is 29.8 Å². The molecular formula is C25H38F3NO12. The van der Waals surface area contributed by atoms with Gasteiger partial charge in [0.25, 0.3) is 0 Å². The third kappa shape index (κ3) is 15.0. The largest absolute Gasteiger partial charge is 0.490 e. The highest BCUT2D eigenvalue weighted by Gasteiger charge is 2.43. The average Bonchev–Trinajstić information content (AvgIpc) is 2.87. The van der Waals surface area contributed by atoms with E-state index >= 15 is 0 Å². The number of amides is 1. The fraction of sp³-hybridized carbons (Fsp3) is 0.800. The Balaban J connectivity index is 2.75. The maximum atomic E-state index is 13.2. The van der Waals surface area contributed by atoms with Gasteiger partial charge in [-0.1, -0.05) is 6.42 Å². The molecule has 13 nitrogen and oxygen atoms in total. The first-order valence-electron chi connectivity index (χ1n) is 13.2. The first-order valence-corrected chi connectivity index (χ1v) is 13.2. The van der Waals surface area contributed by atoms with Crippen molar-refractivity contribution in [3.05, 3.63) is 0 Å². The summed E-state index contributed by atoms with van der Waals surface area (Å²) in [6, 6.07) is 0. The van der Waals surface area contributed by atoms with Gasteiger partial charge in [-0.05, 0) is 32.1 Å². The second kappa shape index (κ2) is 18.5. The highest BCUT2D eigenvalue weighted by Crippen LogP contribution is 2.33.